The van der Waals surface area contributed by atoms with Crippen LogP contribution in [-0.4, -0.2) is 19.3 Å². The molecular weight excluding hydrogens is 139 g/mol. The lowest BCUT2D eigenvalue weighted by Gasteiger charge is -2.47. The van der Waals surface area contributed by atoms with Gasteiger partial charge in [-0.05, 0) is 37.9 Å². The molecule has 0 aromatic heterocycles. The van der Waals surface area contributed by atoms with E-state index in [0.717, 1.165) is 11.8 Å². The maximum Gasteiger partial charge on any atom is 0.454 e. The molecule has 0 aromatic rings. The Morgan fingerprint density at radius 3 is 2.73 bits per heavy atom. The highest BCUT2D eigenvalue weighted by Crippen LogP contribution is 2.49. The molecule has 11 heavy (non-hydrogen) atoms. The van der Waals surface area contributed by atoms with E-state index < -0.39 is 0 Å². The maximum absolute atomic E-state index is 5.69. The van der Waals surface area contributed by atoms with Gasteiger partial charge < -0.3 is 9.31 Å². The van der Waals surface area contributed by atoms with Crippen molar-refractivity contribution in [2.75, 3.05) is 0 Å². The van der Waals surface area contributed by atoms with Gasteiger partial charge in [-0.2, -0.15) is 0 Å². The Bertz CT molecular complexity index is 179. The third-order valence-electron chi connectivity index (χ3n) is 3.38. The lowest BCUT2D eigenvalue weighted by molar-refractivity contribution is -0.0438. The molecule has 3 aliphatic carbocycles. The highest BCUT2D eigenvalue weighted by molar-refractivity contribution is 6.43. The van der Waals surface area contributed by atoms with E-state index in [-0.39, 0.29) is 7.12 Å². The van der Waals surface area contributed by atoms with Crippen LogP contribution in [-0.2, 0) is 9.31 Å². The Balaban J connectivity index is 1.81. The van der Waals surface area contributed by atoms with Gasteiger partial charge in [-0.1, -0.05) is 0 Å². The first-order chi connectivity index (χ1) is 5.33. The Hall–Kier alpha value is -0.0151. The van der Waals surface area contributed by atoms with E-state index >= 15 is 0 Å². The smallest absolute Gasteiger partial charge is 0.406 e. The van der Waals surface area contributed by atoms with E-state index in [1.54, 1.807) is 0 Å². The van der Waals surface area contributed by atoms with Crippen molar-refractivity contribution < 1.29 is 9.31 Å². The standard InChI is InChI=1S/C8H13BO2/c1-9-10-7-4-5-2-6(3-5)8(7)11-9/h5-8H,2-4H2,1H3. The van der Waals surface area contributed by atoms with E-state index in [1.165, 1.54) is 19.3 Å². The predicted octanol–water partition coefficient (Wildman–Crippen LogP) is 1.32. The van der Waals surface area contributed by atoms with Crippen molar-refractivity contribution in [3.63, 3.8) is 0 Å². The Labute approximate surface area is 67.4 Å². The van der Waals surface area contributed by atoms with Crippen LogP contribution in [0.3, 0.4) is 0 Å². The van der Waals surface area contributed by atoms with Gasteiger partial charge in [0.25, 0.3) is 0 Å². The van der Waals surface area contributed by atoms with Crippen LogP contribution in [0.1, 0.15) is 19.3 Å². The van der Waals surface area contributed by atoms with E-state index in [9.17, 15) is 0 Å². The molecule has 3 saturated carbocycles. The first-order valence-corrected chi connectivity index (χ1v) is 4.64. The third kappa shape index (κ3) is 0.813. The van der Waals surface area contributed by atoms with Crippen LogP contribution in [0, 0.1) is 11.8 Å². The summed E-state index contributed by atoms with van der Waals surface area (Å²) in [5.74, 6) is 1.80. The van der Waals surface area contributed by atoms with Crippen molar-refractivity contribution in [1.29, 1.82) is 0 Å². The van der Waals surface area contributed by atoms with Gasteiger partial charge in [-0.3, -0.25) is 0 Å². The maximum atomic E-state index is 5.69. The summed E-state index contributed by atoms with van der Waals surface area (Å²) in [6.07, 6.45) is 4.96. The summed E-state index contributed by atoms with van der Waals surface area (Å²) in [6, 6.07) is 0. The molecule has 1 saturated heterocycles. The zero-order valence-corrected chi connectivity index (χ0v) is 6.82. The molecule has 2 unspecified atom stereocenters. The van der Waals surface area contributed by atoms with Crippen molar-refractivity contribution in [3.8, 4) is 0 Å². The van der Waals surface area contributed by atoms with Gasteiger partial charge in [-0.15, -0.1) is 0 Å². The minimum absolute atomic E-state index is 0.0596. The molecule has 60 valence electrons. The normalized spacial score (nSPS) is 53.7. The van der Waals surface area contributed by atoms with Crippen LogP contribution < -0.4 is 0 Å². The molecule has 0 N–H and O–H groups in total. The summed E-state index contributed by atoms with van der Waals surface area (Å²) in [5.41, 5.74) is 0. The second kappa shape index (κ2) is 2.02. The molecule has 2 bridgehead atoms. The Morgan fingerprint density at radius 2 is 2.00 bits per heavy atom. The van der Waals surface area contributed by atoms with Crippen molar-refractivity contribution in [3.05, 3.63) is 0 Å². The second-order valence-corrected chi connectivity index (χ2v) is 4.18. The third-order valence-corrected chi connectivity index (χ3v) is 3.38. The monoisotopic (exact) mass is 152 g/mol. The average molecular weight is 152 g/mol. The topological polar surface area (TPSA) is 18.5 Å². The van der Waals surface area contributed by atoms with Gasteiger partial charge in [0.2, 0.25) is 0 Å². The predicted molar refractivity (Wildman–Crippen MR) is 42.2 cm³/mol. The van der Waals surface area contributed by atoms with Gasteiger partial charge in [0, 0.05) is 0 Å². The number of hydrogen-bond acceptors (Lipinski definition) is 2. The number of rotatable bonds is 0. The molecule has 0 aromatic carbocycles. The van der Waals surface area contributed by atoms with Gasteiger partial charge in [0.1, 0.15) is 0 Å². The van der Waals surface area contributed by atoms with E-state index in [0.29, 0.717) is 12.2 Å². The fraction of sp³-hybridized carbons (Fsp3) is 1.00. The first-order valence-electron chi connectivity index (χ1n) is 4.64. The molecule has 2 atom stereocenters. The summed E-state index contributed by atoms with van der Waals surface area (Å²) in [7, 11) is 0.0596. The van der Waals surface area contributed by atoms with Crippen molar-refractivity contribution >= 4 is 7.12 Å². The summed E-state index contributed by atoms with van der Waals surface area (Å²) in [6.45, 7) is 2.01. The number of hydrogen-bond donors (Lipinski definition) is 0. The lowest BCUT2D eigenvalue weighted by Crippen LogP contribution is -2.47. The Kier molecular flexibility index (Phi) is 1.19. The lowest BCUT2D eigenvalue weighted by atomic mass is 9.63. The van der Waals surface area contributed by atoms with Crippen molar-refractivity contribution in [1.82, 2.24) is 0 Å². The summed E-state index contributed by atoms with van der Waals surface area (Å²) < 4.78 is 11.3. The minimum Gasteiger partial charge on any atom is -0.406 e. The zero-order chi connectivity index (χ0) is 7.42. The van der Waals surface area contributed by atoms with E-state index in [4.69, 9.17) is 9.31 Å². The van der Waals surface area contributed by atoms with Gasteiger partial charge in [0.15, 0.2) is 0 Å². The SMILES string of the molecule is CB1OC2CC3CC(C3)C2O1. The Morgan fingerprint density at radius 1 is 1.18 bits per heavy atom. The molecule has 4 fully saturated rings. The van der Waals surface area contributed by atoms with Crippen LogP contribution >= 0.6 is 0 Å². The second-order valence-electron chi connectivity index (χ2n) is 4.18. The quantitative estimate of drug-likeness (QED) is 0.487. The fourth-order valence-electron chi connectivity index (χ4n) is 2.85. The van der Waals surface area contributed by atoms with Crippen LogP contribution in [0.25, 0.3) is 0 Å². The average Bonchev–Trinajstić information content (AvgIpc) is 2.23. The molecule has 0 amide bonds. The van der Waals surface area contributed by atoms with Gasteiger partial charge in [-0.25, -0.2) is 0 Å². The van der Waals surface area contributed by atoms with Crippen LogP contribution in [0.4, 0.5) is 0 Å². The van der Waals surface area contributed by atoms with Crippen LogP contribution in [0.5, 0.6) is 0 Å². The van der Waals surface area contributed by atoms with Crippen molar-refractivity contribution in [2.24, 2.45) is 11.8 Å². The van der Waals surface area contributed by atoms with E-state index in [1.807, 2.05) is 6.82 Å². The van der Waals surface area contributed by atoms with Crippen LogP contribution in [0.15, 0.2) is 0 Å². The van der Waals surface area contributed by atoms with Crippen LogP contribution in [0.2, 0.25) is 6.82 Å². The molecule has 0 spiro atoms. The molecule has 4 aliphatic rings. The minimum atomic E-state index is 0.0596. The summed E-state index contributed by atoms with van der Waals surface area (Å²) in [5, 5.41) is 0. The molecular formula is C8H13BO2. The van der Waals surface area contributed by atoms with Gasteiger partial charge in [0.05, 0.1) is 12.2 Å². The molecule has 1 aliphatic heterocycles. The molecule has 3 heteroatoms. The summed E-state index contributed by atoms with van der Waals surface area (Å²) >= 11 is 0. The molecule has 0 radical (unpaired) electrons. The highest BCUT2D eigenvalue weighted by Gasteiger charge is 2.51. The first kappa shape index (κ1) is 6.50. The molecule has 1 heterocycles. The zero-order valence-electron chi connectivity index (χ0n) is 6.82. The fourth-order valence-corrected chi connectivity index (χ4v) is 2.85. The van der Waals surface area contributed by atoms with Crippen molar-refractivity contribution in [2.45, 2.75) is 38.3 Å². The highest BCUT2D eigenvalue weighted by atomic mass is 16.7. The summed E-state index contributed by atoms with van der Waals surface area (Å²) in [4.78, 5) is 0. The van der Waals surface area contributed by atoms with E-state index in [2.05, 4.69) is 0 Å². The molecule has 4 rings (SSSR count). The largest absolute Gasteiger partial charge is 0.454 e. The molecule has 2 nitrogen and oxygen atoms in total. The van der Waals surface area contributed by atoms with Gasteiger partial charge >= 0.3 is 7.12 Å².